The maximum Gasteiger partial charge on any atom is 1.00 e. The van der Waals surface area contributed by atoms with Crippen molar-refractivity contribution in [3.63, 3.8) is 0 Å². The summed E-state index contributed by atoms with van der Waals surface area (Å²) in [4.78, 5) is -0.354. The van der Waals surface area contributed by atoms with Gasteiger partial charge in [0.05, 0.1) is 4.90 Å². The molecule has 0 aliphatic rings. The average Bonchev–Trinajstić information content (AvgIpc) is 1.82. The van der Waals surface area contributed by atoms with Crippen molar-refractivity contribution in [3.8, 4) is 5.75 Å². The van der Waals surface area contributed by atoms with E-state index >= 15 is 0 Å². The van der Waals surface area contributed by atoms with Gasteiger partial charge in [0, 0.05) is 0 Å². The summed E-state index contributed by atoms with van der Waals surface area (Å²) in [6.45, 7) is 1.58. The van der Waals surface area contributed by atoms with E-state index in [1.807, 2.05) is 0 Å². The molecule has 0 saturated carbocycles. The van der Waals surface area contributed by atoms with E-state index in [1.165, 1.54) is 12.1 Å². The SMILES string of the molecule is Cc1cc([O-])cc(S(=O)(=O)O)c1.[Li+]. The molecular formula is C7H7LiO4S. The Hall–Kier alpha value is -0.473. The summed E-state index contributed by atoms with van der Waals surface area (Å²) in [5.74, 6) is -0.428. The van der Waals surface area contributed by atoms with Crippen molar-refractivity contribution < 1.29 is 36.9 Å². The molecule has 0 spiro atoms. The first-order chi connectivity index (χ1) is 5.39. The number of hydrogen-bond donors (Lipinski definition) is 1. The van der Waals surface area contributed by atoms with Gasteiger partial charge >= 0.3 is 18.9 Å². The van der Waals surface area contributed by atoms with Crippen LogP contribution < -0.4 is 24.0 Å². The Morgan fingerprint density at radius 2 is 1.85 bits per heavy atom. The molecule has 0 fully saturated rings. The fourth-order valence-electron chi connectivity index (χ4n) is 0.863. The molecule has 0 saturated heterocycles. The number of hydrogen-bond acceptors (Lipinski definition) is 3. The van der Waals surface area contributed by atoms with Crippen molar-refractivity contribution in [2.24, 2.45) is 0 Å². The van der Waals surface area contributed by atoms with Crippen molar-refractivity contribution >= 4 is 10.1 Å². The van der Waals surface area contributed by atoms with Gasteiger partial charge in [-0.3, -0.25) is 4.55 Å². The van der Waals surface area contributed by atoms with E-state index in [0.29, 0.717) is 5.56 Å². The maximum atomic E-state index is 10.8. The van der Waals surface area contributed by atoms with Crippen molar-refractivity contribution in [2.75, 3.05) is 0 Å². The molecule has 66 valence electrons. The van der Waals surface area contributed by atoms with Crippen LogP contribution in [0.2, 0.25) is 0 Å². The van der Waals surface area contributed by atoms with Crippen LogP contribution in [0.25, 0.3) is 0 Å². The van der Waals surface area contributed by atoms with Gasteiger partial charge in [-0.2, -0.15) is 8.42 Å². The third-order valence-corrected chi connectivity index (χ3v) is 2.15. The molecule has 0 atom stereocenters. The number of benzene rings is 1. The van der Waals surface area contributed by atoms with E-state index in [-0.39, 0.29) is 23.8 Å². The van der Waals surface area contributed by atoms with Gasteiger partial charge in [0.15, 0.2) is 0 Å². The predicted molar refractivity (Wildman–Crippen MR) is 40.4 cm³/mol. The molecule has 0 aliphatic heterocycles. The normalized spacial score (nSPS) is 10.6. The number of aryl methyl sites for hydroxylation is 1. The fourth-order valence-corrected chi connectivity index (χ4v) is 1.46. The summed E-state index contributed by atoms with van der Waals surface area (Å²) in [5, 5.41) is 10.8. The third kappa shape index (κ3) is 3.41. The minimum absolute atomic E-state index is 0. The van der Waals surface area contributed by atoms with E-state index in [9.17, 15) is 13.5 Å². The van der Waals surface area contributed by atoms with Crippen molar-refractivity contribution in [1.82, 2.24) is 0 Å². The summed E-state index contributed by atoms with van der Waals surface area (Å²) in [6.07, 6.45) is 0. The van der Waals surface area contributed by atoms with Gasteiger partial charge in [-0.25, -0.2) is 0 Å². The standard InChI is InChI=1S/C7H8O4S.Li/c1-5-2-6(8)4-7(3-5)12(9,10)11;/h2-4,8H,1H3,(H,9,10,11);/q;+1/p-1. The van der Waals surface area contributed by atoms with E-state index in [2.05, 4.69) is 0 Å². The quantitative estimate of drug-likeness (QED) is 0.390. The van der Waals surface area contributed by atoms with Gasteiger partial charge in [0.2, 0.25) is 0 Å². The van der Waals surface area contributed by atoms with Gasteiger partial charge in [0.25, 0.3) is 10.1 Å². The summed E-state index contributed by atoms with van der Waals surface area (Å²) in [5.41, 5.74) is 0.509. The Bertz CT molecular complexity index is 379. The molecule has 1 rings (SSSR count). The molecule has 0 radical (unpaired) electrons. The maximum absolute atomic E-state index is 10.8. The predicted octanol–water partition coefficient (Wildman–Crippen LogP) is -2.68. The van der Waals surface area contributed by atoms with Gasteiger partial charge in [0.1, 0.15) is 0 Å². The van der Waals surface area contributed by atoms with Crippen LogP contribution >= 0.6 is 0 Å². The van der Waals surface area contributed by atoms with Gasteiger partial charge < -0.3 is 5.11 Å². The zero-order valence-corrected chi connectivity index (χ0v) is 8.13. The molecule has 0 amide bonds. The first-order valence-corrected chi connectivity index (χ1v) is 4.60. The van der Waals surface area contributed by atoms with Gasteiger partial charge in [-0.1, -0.05) is 11.6 Å². The van der Waals surface area contributed by atoms with Crippen LogP contribution in [0.5, 0.6) is 5.75 Å². The Morgan fingerprint density at radius 1 is 1.31 bits per heavy atom. The largest absolute Gasteiger partial charge is 1.00 e. The molecule has 6 heteroatoms. The first-order valence-electron chi connectivity index (χ1n) is 3.16. The molecule has 1 N–H and O–H groups in total. The summed E-state index contributed by atoms with van der Waals surface area (Å²) < 4.78 is 29.7. The van der Waals surface area contributed by atoms with Crippen molar-refractivity contribution in [2.45, 2.75) is 11.8 Å². The second-order valence-corrected chi connectivity index (χ2v) is 3.88. The Labute approximate surface area is 88.5 Å². The summed E-state index contributed by atoms with van der Waals surface area (Å²) in [6, 6.07) is 3.40. The minimum Gasteiger partial charge on any atom is -0.872 e. The van der Waals surface area contributed by atoms with Crippen LogP contribution in [0.4, 0.5) is 0 Å². The Kier molecular flexibility index (Phi) is 4.01. The molecule has 0 aliphatic carbocycles. The van der Waals surface area contributed by atoms with Crippen LogP contribution in [0, 0.1) is 6.92 Å². The fraction of sp³-hybridized carbons (Fsp3) is 0.143. The van der Waals surface area contributed by atoms with E-state index in [1.54, 1.807) is 6.92 Å². The van der Waals surface area contributed by atoms with Crippen LogP contribution in [-0.4, -0.2) is 13.0 Å². The Balaban J connectivity index is 0.00000144. The second kappa shape index (κ2) is 4.16. The summed E-state index contributed by atoms with van der Waals surface area (Å²) >= 11 is 0. The molecule has 13 heavy (non-hydrogen) atoms. The van der Waals surface area contributed by atoms with E-state index < -0.39 is 15.9 Å². The molecule has 0 bridgehead atoms. The van der Waals surface area contributed by atoms with E-state index in [4.69, 9.17) is 4.55 Å². The molecular weight excluding hydrogens is 187 g/mol. The monoisotopic (exact) mass is 194 g/mol. The minimum atomic E-state index is -4.25. The molecule has 0 heterocycles. The second-order valence-electron chi connectivity index (χ2n) is 2.46. The topological polar surface area (TPSA) is 77.4 Å². The van der Waals surface area contributed by atoms with Gasteiger partial charge in [-0.15, -0.1) is 5.75 Å². The van der Waals surface area contributed by atoms with Crippen LogP contribution in [0.1, 0.15) is 5.56 Å². The van der Waals surface area contributed by atoms with Crippen LogP contribution in [0.15, 0.2) is 23.1 Å². The molecule has 0 aromatic heterocycles. The first kappa shape index (κ1) is 12.5. The zero-order valence-electron chi connectivity index (χ0n) is 7.31. The average molecular weight is 194 g/mol. The van der Waals surface area contributed by atoms with E-state index in [0.717, 1.165) is 6.07 Å². The van der Waals surface area contributed by atoms with Crippen molar-refractivity contribution in [3.05, 3.63) is 23.8 Å². The number of rotatable bonds is 1. The van der Waals surface area contributed by atoms with Crippen LogP contribution in [-0.2, 0) is 10.1 Å². The Morgan fingerprint density at radius 3 is 2.23 bits per heavy atom. The molecule has 1 aromatic carbocycles. The van der Waals surface area contributed by atoms with Crippen molar-refractivity contribution in [1.29, 1.82) is 0 Å². The van der Waals surface area contributed by atoms with Crippen LogP contribution in [0.3, 0.4) is 0 Å². The molecule has 0 unspecified atom stereocenters. The smallest absolute Gasteiger partial charge is 0.872 e. The molecule has 1 aromatic rings. The molecule has 4 nitrogen and oxygen atoms in total. The zero-order chi connectivity index (χ0) is 9.35. The third-order valence-electron chi connectivity index (χ3n) is 1.32. The van der Waals surface area contributed by atoms with Gasteiger partial charge in [-0.05, 0) is 19.1 Å². The summed E-state index contributed by atoms with van der Waals surface area (Å²) in [7, 11) is -4.25.